The van der Waals surface area contributed by atoms with E-state index >= 15 is 0 Å². The fourth-order valence-electron chi connectivity index (χ4n) is 8.12. The molecule has 3 aliphatic carbocycles. The molecule has 1 N–H and O–H groups in total. The van der Waals surface area contributed by atoms with Gasteiger partial charge in [-0.05, 0) is 89.3 Å². The van der Waals surface area contributed by atoms with Crippen LogP contribution < -0.4 is 0 Å². The van der Waals surface area contributed by atoms with Crippen LogP contribution in [0.25, 0.3) is 5.57 Å². The predicted molar refractivity (Wildman–Crippen MR) is 173 cm³/mol. The summed E-state index contributed by atoms with van der Waals surface area (Å²) in [6, 6.07) is 4.25. The number of allylic oxidation sites excluding steroid dienone is 2. The molecule has 1 amide bonds. The fourth-order valence-corrected chi connectivity index (χ4v) is 8.38. The molecule has 1 saturated carbocycles. The molecule has 1 unspecified atom stereocenters. The summed E-state index contributed by atoms with van der Waals surface area (Å²) in [6.45, 7) is 8.30. The van der Waals surface area contributed by atoms with Gasteiger partial charge in [-0.15, -0.1) is 0 Å². The number of carbonyl (C=O) groups is 2. The highest BCUT2D eigenvalue weighted by molar-refractivity contribution is 6.34. The minimum atomic E-state index is -4.54. The van der Waals surface area contributed by atoms with Crippen LogP contribution in [-0.4, -0.2) is 76.0 Å². The summed E-state index contributed by atoms with van der Waals surface area (Å²) in [5, 5.41) is 15.5. The lowest BCUT2D eigenvalue weighted by atomic mass is 9.82. The van der Waals surface area contributed by atoms with Crippen molar-refractivity contribution in [2.45, 2.75) is 102 Å². The maximum absolute atomic E-state index is 14.5. The molecule has 1 spiro atoms. The van der Waals surface area contributed by atoms with E-state index in [0.717, 1.165) is 17.6 Å². The topological polar surface area (TPSA) is 93.9 Å². The normalized spacial score (nSPS) is 25.3. The highest BCUT2D eigenvalue weighted by atomic mass is 35.5. The Hall–Kier alpha value is -2.73. The van der Waals surface area contributed by atoms with Gasteiger partial charge in [-0.25, -0.2) is 0 Å². The summed E-state index contributed by atoms with van der Waals surface area (Å²) in [4.78, 5) is 30.2. The average molecular weight is 690 g/mol. The van der Waals surface area contributed by atoms with E-state index in [1.54, 1.807) is 0 Å². The van der Waals surface area contributed by atoms with Crippen LogP contribution in [0, 0.1) is 17.3 Å². The Morgan fingerprint density at radius 1 is 1.12 bits per heavy atom. The van der Waals surface area contributed by atoms with Crippen molar-refractivity contribution in [3.05, 3.63) is 57.4 Å². The highest BCUT2D eigenvalue weighted by Crippen LogP contribution is 2.60. The molecule has 48 heavy (non-hydrogen) atoms. The number of nitrogens with zero attached hydrogens (tertiary/aromatic N) is 3. The number of aromatic nitrogens is 2. The molecule has 260 valence electrons. The van der Waals surface area contributed by atoms with Crippen molar-refractivity contribution >= 4 is 29.0 Å². The Kier molecular flexibility index (Phi) is 8.41. The zero-order valence-electron chi connectivity index (χ0n) is 27.7. The lowest BCUT2D eigenvalue weighted by Crippen LogP contribution is -2.46. The van der Waals surface area contributed by atoms with Crippen LogP contribution in [0.2, 0.25) is 5.02 Å². The monoisotopic (exact) mass is 689 g/mol. The van der Waals surface area contributed by atoms with Crippen molar-refractivity contribution in [2.24, 2.45) is 17.3 Å². The molecule has 1 aromatic carbocycles. The largest absolute Gasteiger partial charge is 0.398 e. The van der Waals surface area contributed by atoms with Gasteiger partial charge in [-0.2, -0.15) is 23.0 Å². The van der Waals surface area contributed by atoms with Crippen LogP contribution in [0.15, 0.2) is 24.3 Å². The van der Waals surface area contributed by atoms with Gasteiger partial charge < -0.3 is 19.5 Å². The number of halogens is 4. The van der Waals surface area contributed by atoms with E-state index < -0.39 is 29.4 Å². The van der Waals surface area contributed by atoms with Crippen LogP contribution in [0.3, 0.4) is 0 Å². The summed E-state index contributed by atoms with van der Waals surface area (Å²) >= 11 is 6.55. The number of benzene rings is 1. The van der Waals surface area contributed by atoms with Crippen molar-refractivity contribution < 1.29 is 37.3 Å². The van der Waals surface area contributed by atoms with Crippen LogP contribution in [0.4, 0.5) is 13.2 Å². The molecular formula is C36H43ClF3N3O5. The van der Waals surface area contributed by atoms with Crippen LogP contribution in [0.1, 0.15) is 98.6 Å². The first kappa shape index (κ1) is 33.8. The number of amides is 1. The zero-order valence-corrected chi connectivity index (χ0v) is 28.4. The predicted octanol–water partition coefficient (Wildman–Crippen LogP) is 6.49. The third kappa shape index (κ3) is 5.92. The second-order valence-electron chi connectivity index (χ2n) is 15.6. The van der Waals surface area contributed by atoms with E-state index in [9.17, 15) is 27.9 Å². The van der Waals surface area contributed by atoms with E-state index in [4.69, 9.17) is 26.2 Å². The second kappa shape index (κ2) is 12.0. The molecule has 1 aromatic heterocycles. The third-order valence-corrected chi connectivity index (χ3v) is 11.4. The lowest BCUT2D eigenvalue weighted by molar-refractivity contribution is -0.192. The van der Waals surface area contributed by atoms with E-state index in [1.807, 2.05) is 31.7 Å². The Bertz CT molecular complexity index is 1650. The Balaban J connectivity index is 1.24. The molecule has 8 nitrogen and oxygen atoms in total. The number of likely N-dealkylation sites (tertiary alicyclic amines) is 1. The zero-order chi connectivity index (χ0) is 34.2. The summed E-state index contributed by atoms with van der Waals surface area (Å²) < 4.78 is 55.6. The maximum atomic E-state index is 14.5. The van der Waals surface area contributed by atoms with Crippen molar-refractivity contribution in [1.29, 1.82) is 0 Å². The third-order valence-electron chi connectivity index (χ3n) is 11.0. The van der Waals surface area contributed by atoms with E-state index in [-0.39, 0.29) is 58.6 Å². The number of carbonyl (C=O) groups excluding carboxylic acids is 2. The SMILES string of the molecule is CC(C)(C)OC(O)[C@@H]1CC=C(c2nn(C(=O)c3c(Cl)cccc3C3(C(F)(F)F)CC3)c3c2CC[C@@H](C(=O)N2CCC4(COC4)C2)C3)CC1. The van der Waals surface area contributed by atoms with Crippen molar-refractivity contribution in [3.8, 4) is 0 Å². The van der Waals surface area contributed by atoms with Crippen LogP contribution in [0.5, 0.6) is 0 Å². The molecule has 12 heteroatoms. The molecule has 0 bridgehead atoms. The van der Waals surface area contributed by atoms with Gasteiger partial charge >= 0.3 is 6.18 Å². The van der Waals surface area contributed by atoms with Crippen molar-refractivity contribution in [3.63, 3.8) is 0 Å². The molecule has 2 aliphatic heterocycles. The van der Waals surface area contributed by atoms with Gasteiger partial charge in [-0.1, -0.05) is 29.8 Å². The molecule has 3 heterocycles. The number of hydrogen-bond donors (Lipinski definition) is 1. The number of fused-ring (bicyclic) bond motifs is 1. The van der Waals surface area contributed by atoms with E-state index in [2.05, 4.69) is 0 Å². The molecular weight excluding hydrogens is 647 g/mol. The highest BCUT2D eigenvalue weighted by Gasteiger charge is 2.65. The van der Waals surface area contributed by atoms with Gasteiger partial charge in [0.05, 0.1) is 46.2 Å². The first-order valence-electron chi connectivity index (χ1n) is 17.0. The maximum Gasteiger partial charge on any atom is 0.398 e. The van der Waals surface area contributed by atoms with Gasteiger partial charge in [0, 0.05) is 42.3 Å². The van der Waals surface area contributed by atoms with E-state index in [1.165, 1.54) is 22.9 Å². The van der Waals surface area contributed by atoms with Crippen LogP contribution in [-0.2, 0) is 32.5 Å². The summed E-state index contributed by atoms with van der Waals surface area (Å²) in [5.74, 6) is -1.17. The minimum Gasteiger partial charge on any atom is -0.380 e. The smallest absolute Gasteiger partial charge is 0.380 e. The Morgan fingerprint density at radius 2 is 1.88 bits per heavy atom. The number of aliphatic hydroxyl groups excluding tert-OH is 1. The number of aliphatic hydroxyl groups is 1. The van der Waals surface area contributed by atoms with Gasteiger partial charge in [0.25, 0.3) is 5.91 Å². The minimum absolute atomic E-state index is 0.0335. The number of ether oxygens (including phenoxy) is 2. The second-order valence-corrected chi connectivity index (χ2v) is 16.0. The number of hydrogen-bond acceptors (Lipinski definition) is 6. The molecule has 3 atom stereocenters. The standard InChI is InChI=1S/C36H43ClF3N3O5/c1-33(2,3)48-32(46)22-9-7-21(8-10-22)29-24-12-11-23(30(44)42-16-15-34(18-42)19-47-20-34)17-27(24)43(41-29)31(45)28-25(5-4-6-26(28)37)35(13-14-35)36(38,39)40/h4-7,22-23,32,46H,8-20H2,1-3H3/t22-,23-,32?/m1/s1. The lowest BCUT2D eigenvalue weighted by Gasteiger charge is -2.38. The van der Waals surface area contributed by atoms with Crippen molar-refractivity contribution in [2.75, 3.05) is 26.3 Å². The first-order valence-corrected chi connectivity index (χ1v) is 17.4. The molecule has 3 fully saturated rings. The van der Waals surface area contributed by atoms with Gasteiger partial charge in [-0.3, -0.25) is 9.59 Å². The fraction of sp³-hybridized carbons (Fsp3) is 0.639. The number of alkyl halides is 3. The first-order chi connectivity index (χ1) is 22.6. The summed E-state index contributed by atoms with van der Waals surface area (Å²) in [6.07, 6.45) is 0.348. The number of rotatable bonds is 6. The molecule has 7 rings (SSSR count). The van der Waals surface area contributed by atoms with Gasteiger partial charge in [0.1, 0.15) is 0 Å². The molecule has 2 aromatic rings. The summed E-state index contributed by atoms with van der Waals surface area (Å²) in [7, 11) is 0. The van der Waals surface area contributed by atoms with Gasteiger partial charge in [0.15, 0.2) is 6.29 Å². The molecule has 0 radical (unpaired) electrons. The molecule has 5 aliphatic rings. The Labute approximate surface area is 283 Å². The quantitative estimate of drug-likeness (QED) is 0.349. The van der Waals surface area contributed by atoms with Crippen LogP contribution >= 0.6 is 11.6 Å². The summed E-state index contributed by atoms with van der Waals surface area (Å²) in [5.41, 5.74) is 0.0552. The Morgan fingerprint density at radius 3 is 2.46 bits per heavy atom. The van der Waals surface area contributed by atoms with E-state index in [0.29, 0.717) is 69.8 Å². The molecule has 2 saturated heterocycles. The van der Waals surface area contributed by atoms with Crippen molar-refractivity contribution in [1.82, 2.24) is 14.7 Å². The average Bonchev–Trinajstić information content (AvgIpc) is 3.57. The van der Waals surface area contributed by atoms with Gasteiger partial charge in [0.2, 0.25) is 5.91 Å².